The molecule has 0 saturated heterocycles. The first-order valence-corrected chi connectivity index (χ1v) is 34.7. The van der Waals surface area contributed by atoms with E-state index < -0.39 is 64.7 Å². The molecular formula is C72H95Cl4N3O16. The number of benzene rings is 2. The number of carbonyl (C=O) groups excluding carboxylic acids is 4. The molecule has 522 valence electrons. The smallest absolute Gasteiger partial charge is 0.331 e. The van der Waals surface area contributed by atoms with E-state index in [9.17, 15) is 49.5 Å². The number of aliphatic hydroxyl groups excluding tert-OH is 3. The second-order valence-electron chi connectivity index (χ2n) is 29.5. The second kappa shape index (κ2) is 30.1. The van der Waals surface area contributed by atoms with Crippen LogP contribution in [-0.2, 0) is 51.3 Å². The van der Waals surface area contributed by atoms with Crippen molar-refractivity contribution in [2.45, 2.75) is 215 Å². The first kappa shape index (κ1) is 75.6. The molecule has 0 radical (unpaired) electrons. The molecular weight excluding hydrogens is 1300 g/mol. The number of hydrogen-bond donors (Lipinski definition) is 6. The Labute approximate surface area is 577 Å². The zero-order chi connectivity index (χ0) is 70.1. The number of rotatable bonds is 14. The number of allylic oxidation sites excluding steroid dienone is 3. The molecule has 7 saturated carbocycles. The summed E-state index contributed by atoms with van der Waals surface area (Å²) in [6, 6.07) is 10.7. The molecule has 3 aromatic rings. The predicted molar refractivity (Wildman–Crippen MR) is 359 cm³/mol. The van der Waals surface area contributed by atoms with Crippen molar-refractivity contribution in [3.05, 3.63) is 131 Å². The van der Waals surface area contributed by atoms with E-state index in [-0.39, 0.29) is 75.2 Å². The number of carboxylic acid groups (broad SMARTS) is 1. The zero-order valence-corrected chi connectivity index (χ0v) is 59.1. The largest absolute Gasteiger partial charge is 0.478 e. The first-order valence-electron chi connectivity index (χ1n) is 33.2. The van der Waals surface area contributed by atoms with Gasteiger partial charge in [0.15, 0.2) is 12.4 Å². The fourth-order valence-electron chi connectivity index (χ4n) is 19.6. The highest BCUT2D eigenvalue weighted by Gasteiger charge is 2.72. The Balaban J connectivity index is 0.000000181. The molecule has 19 nitrogen and oxygen atoms in total. The minimum Gasteiger partial charge on any atom is -0.478 e. The highest BCUT2D eigenvalue weighted by atomic mass is 35.5. The van der Waals surface area contributed by atoms with E-state index in [0.29, 0.717) is 89.7 Å². The van der Waals surface area contributed by atoms with Gasteiger partial charge in [-0.25, -0.2) is 9.78 Å². The number of aliphatic carboxylic acids is 1. The molecule has 2 aromatic carbocycles. The van der Waals surface area contributed by atoms with Gasteiger partial charge in [0.05, 0.1) is 37.8 Å². The fourth-order valence-corrected chi connectivity index (χ4v) is 20.6. The summed E-state index contributed by atoms with van der Waals surface area (Å²) in [6.07, 6.45) is 16.8. The first-order chi connectivity index (χ1) is 44.5. The van der Waals surface area contributed by atoms with Gasteiger partial charge in [-0.2, -0.15) is 0 Å². The lowest BCUT2D eigenvalue weighted by Crippen LogP contribution is -2.65. The zero-order valence-electron chi connectivity index (χ0n) is 56.1. The van der Waals surface area contributed by atoms with Gasteiger partial charge in [-0.3, -0.25) is 19.2 Å². The van der Waals surface area contributed by atoms with Crippen LogP contribution < -0.4 is 0 Å². The highest BCUT2D eigenvalue weighted by Crippen LogP contribution is 2.75. The van der Waals surface area contributed by atoms with Gasteiger partial charge in [0.2, 0.25) is 5.78 Å². The predicted octanol–water partition coefficient (Wildman–Crippen LogP) is 14.1. The van der Waals surface area contributed by atoms with E-state index in [2.05, 4.69) is 39.6 Å². The molecule has 0 amide bonds. The van der Waals surface area contributed by atoms with Gasteiger partial charge in [0.1, 0.15) is 17.8 Å². The molecule has 18 atom stereocenters. The SMILES string of the molecule is CC(=O)OCC(=O)[C@@]1(O)CC[C@H]2[C@@H]3CCC4=CC(=O)CC[C@]4(C)[C@H]3[C@@H](O)C[C@@]21C.CC(=O)O[C@H]1C[C@@]2(C)[C@@H](C[C@@H](O)[C@H]3[C@@]4(C)CC[C@@H](O)[C@@H](C)[C@@H]4CC[C@@]32C)/C1=C(\CCC=C(C)C)C(=O)O.Clc1ccc(COC(Cn2ccnc2)c2ccc(Cl)cc2Cl)c(Cl)c1.O=[N+]([O-])O. The van der Waals surface area contributed by atoms with Gasteiger partial charge in [0, 0.05) is 69.3 Å². The van der Waals surface area contributed by atoms with Crippen molar-refractivity contribution in [3.8, 4) is 0 Å². The summed E-state index contributed by atoms with van der Waals surface area (Å²) < 4.78 is 18.8. The number of nitrogens with zero attached hydrogens (tertiary/aromatic N) is 3. The van der Waals surface area contributed by atoms with Crippen molar-refractivity contribution >= 4 is 75.9 Å². The number of imidazole rings is 1. The van der Waals surface area contributed by atoms with Crippen LogP contribution in [0.5, 0.6) is 0 Å². The van der Waals surface area contributed by atoms with Crippen LogP contribution in [0.2, 0.25) is 20.1 Å². The molecule has 95 heavy (non-hydrogen) atoms. The number of aromatic nitrogens is 2. The van der Waals surface area contributed by atoms with Crippen molar-refractivity contribution in [3.63, 3.8) is 0 Å². The van der Waals surface area contributed by atoms with E-state index in [1.807, 2.05) is 49.7 Å². The summed E-state index contributed by atoms with van der Waals surface area (Å²) in [6.45, 7) is 20.3. The Morgan fingerprint density at radius 1 is 0.821 bits per heavy atom. The maximum Gasteiger partial charge on any atom is 0.331 e. The minimum atomic E-state index is -1.58. The summed E-state index contributed by atoms with van der Waals surface area (Å²) in [4.78, 5) is 73.2. The molecule has 7 fully saturated rings. The normalized spacial score (nSPS) is 35.6. The van der Waals surface area contributed by atoms with E-state index >= 15 is 0 Å². The topological polar surface area (TPSA) is 295 Å². The van der Waals surface area contributed by atoms with E-state index in [1.165, 1.54) is 13.8 Å². The van der Waals surface area contributed by atoms with Crippen LogP contribution in [0.1, 0.15) is 183 Å². The molecule has 11 rings (SSSR count). The number of ketones is 2. The lowest BCUT2D eigenvalue weighted by Gasteiger charge is -2.69. The van der Waals surface area contributed by atoms with Crippen LogP contribution >= 0.6 is 46.4 Å². The number of ether oxygens (including phenoxy) is 3. The Morgan fingerprint density at radius 2 is 1.48 bits per heavy atom. The molecule has 0 spiro atoms. The van der Waals surface area contributed by atoms with Gasteiger partial charge in [0.25, 0.3) is 5.09 Å². The lowest BCUT2D eigenvalue weighted by atomic mass is 9.36. The molecule has 0 bridgehead atoms. The average molecular weight is 1400 g/mol. The number of aliphatic hydroxyl groups is 4. The number of hydrogen-bond acceptors (Lipinski definition) is 15. The summed E-state index contributed by atoms with van der Waals surface area (Å²) in [5, 5.41) is 71.6. The van der Waals surface area contributed by atoms with E-state index in [1.54, 1.807) is 42.9 Å². The van der Waals surface area contributed by atoms with Crippen LogP contribution in [0.25, 0.3) is 0 Å². The van der Waals surface area contributed by atoms with Gasteiger partial charge < -0.3 is 49.5 Å². The monoisotopic (exact) mass is 1400 g/mol. The highest BCUT2D eigenvalue weighted by molar-refractivity contribution is 6.35. The Morgan fingerprint density at radius 3 is 2.09 bits per heavy atom. The molecule has 1 unspecified atom stereocenters. The minimum absolute atomic E-state index is 0.0413. The Hall–Kier alpha value is -5.22. The quantitative estimate of drug-likeness (QED) is 0.0287. The van der Waals surface area contributed by atoms with Crippen LogP contribution in [0, 0.1) is 78.6 Å². The van der Waals surface area contributed by atoms with Crippen molar-refractivity contribution in [1.82, 2.24) is 9.55 Å². The van der Waals surface area contributed by atoms with E-state index in [0.717, 1.165) is 79.2 Å². The number of carbonyl (C=O) groups is 5. The van der Waals surface area contributed by atoms with Crippen molar-refractivity contribution in [2.75, 3.05) is 6.61 Å². The summed E-state index contributed by atoms with van der Waals surface area (Å²) >= 11 is 24.5. The molecule has 23 heteroatoms. The van der Waals surface area contributed by atoms with Crippen LogP contribution in [0.4, 0.5) is 0 Å². The molecule has 6 N–H and O–H groups in total. The van der Waals surface area contributed by atoms with E-state index in [4.69, 9.17) is 75.9 Å². The third kappa shape index (κ3) is 15.3. The van der Waals surface area contributed by atoms with Gasteiger partial charge >= 0.3 is 17.9 Å². The molecule has 0 aliphatic heterocycles. The number of halogens is 4. The van der Waals surface area contributed by atoms with Crippen LogP contribution in [0.3, 0.4) is 0 Å². The number of carboxylic acids is 1. The van der Waals surface area contributed by atoms with Gasteiger partial charge in [-0.05, 0) is 208 Å². The Bertz CT molecular complexity index is 3440. The van der Waals surface area contributed by atoms with Gasteiger partial charge in [-0.15, -0.1) is 10.1 Å². The second-order valence-corrected chi connectivity index (χ2v) is 31.2. The number of Topliss-reactive ketones (excluding diaryl/α,β-unsaturated/α-hetero) is 1. The van der Waals surface area contributed by atoms with Gasteiger partial charge in [-0.1, -0.05) is 117 Å². The maximum atomic E-state index is 12.9. The fraction of sp³-hybridized carbons (Fsp3) is 0.639. The van der Waals surface area contributed by atoms with Crippen LogP contribution in [-0.4, -0.2) is 111 Å². The lowest BCUT2D eigenvalue weighted by molar-refractivity contribution is -0.742. The molecule has 1 heterocycles. The summed E-state index contributed by atoms with van der Waals surface area (Å²) in [7, 11) is 0. The number of esters is 2. The molecule has 8 aliphatic rings. The standard InChI is InChI=1S/C31H48O6.C23H32O6.C18H14Cl4N2O.HNO3/c1-17(2)9-8-10-20(28(35)36)26-22-15-24(34)27-29(5)13-12-23(33)18(3)21(29)11-14-30(27,6)31(22,7)16-25(26)37-19(4)32;1-13(24)29-12-19(27)23(28)9-7-17-16-5-4-14-10-15(25)6-8-21(14,2)20(16)18(26)11-22(17,23)3;19-13-2-1-12(16(21)7-13)10-25-18(9-24-6-5-23-11-24)15-4-3-14(20)8-17(15)22;2-1(3)4/h9,18,21-25,27,33-34H,8,10-16H2,1-7H3,(H,35,36);10,16-18,20,26,28H,4-9,11-12H2,1-3H3;1-8,11,18H,9-10H2;(H,2,3,4)/b26-20-;;;/t18-,21-,22-,23+,24+,25-,27-,29-,30-,31-;16-,17-,18-,20+,21-,22-,23-;;/m00../s1. The summed E-state index contributed by atoms with van der Waals surface area (Å²) in [5.74, 6) is -1.37. The van der Waals surface area contributed by atoms with Crippen molar-refractivity contribution in [2.24, 2.45) is 68.5 Å². The molecule has 8 aliphatic carbocycles. The third-order valence-corrected chi connectivity index (χ3v) is 25.3. The Kier molecular flexibility index (Phi) is 23.9. The van der Waals surface area contributed by atoms with Crippen molar-refractivity contribution in [1.29, 1.82) is 0 Å². The third-order valence-electron chi connectivity index (χ3n) is 24.2. The maximum absolute atomic E-state index is 12.9. The average Bonchev–Trinajstić information content (AvgIpc) is 1.59. The summed E-state index contributed by atoms with van der Waals surface area (Å²) in [5.41, 5.74) is 1.92. The van der Waals surface area contributed by atoms with Crippen molar-refractivity contribution < 1.29 is 74.0 Å². The number of fused-ring (bicyclic) bond motifs is 10. The molecule has 1 aromatic heterocycles. The van der Waals surface area contributed by atoms with Crippen LogP contribution in [0.15, 0.2) is 89.6 Å².